The highest BCUT2D eigenvalue weighted by molar-refractivity contribution is 5.39. The van der Waals surface area contributed by atoms with Gasteiger partial charge >= 0.3 is 0 Å². The molecular formula is C7H11N3. The predicted molar refractivity (Wildman–Crippen MR) is 40.4 cm³/mol. The van der Waals surface area contributed by atoms with E-state index in [4.69, 9.17) is 5.73 Å². The standard InChI is InChI=1S/C7H11N3/c1-2-3-7-6(8)4-9-5-10-7/h4-5H,2-3,8H2,1H3. The maximum atomic E-state index is 5.58. The minimum atomic E-state index is 0.698. The summed E-state index contributed by atoms with van der Waals surface area (Å²) < 4.78 is 0. The van der Waals surface area contributed by atoms with Crippen LogP contribution in [0.15, 0.2) is 12.5 Å². The number of nitrogens with two attached hydrogens (primary N) is 1. The summed E-state index contributed by atoms with van der Waals surface area (Å²) in [4.78, 5) is 7.82. The van der Waals surface area contributed by atoms with Crippen LogP contribution >= 0.6 is 0 Å². The van der Waals surface area contributed by atoms with E-state index < -0.39 is 0 Å². The van der Waals surface area contributed by atoms with Crippen molar-refractivity contribution in [1.29, 1.82) is 0 Å². The Bertz CT molecular complexity index is 210. The normalized spacial score (nSPS) is 9.70. The van der Waals surface area contributed by atoms with Crippen molar-refractivity contribution >= 4 is 5.69 Å². The molecule has 0 aliphatic heterocycles. The van der Waals surface area contributed by atoms with Gasteiger partial charge in [0.2, 0.25) is 0 Å². The zero-order valence-electron chi connectivity index (χ0n) is 6.04. The summed E-state index contributed by atoms with van der Waals surface area (Å²) in [5.74, 6) is 0. The first kappa shape index (κ1) is 6.99. The van der Waals surface area contributed by atoms with Gasteiger partial charge in [0.25, 0.3) is 0 Å². The molecule has 2 N–H and O–H groups in total. The van der Waals surface area contributed by atoms with E-state index in [1.54, 1.807) is 6.20 Å². The van der Waals surface area contributed by atoms with Crippen molar-refractivity contribution in [2.75, 3.05) is 5.73 Å². The second-order valence-electron chi connectivity index (χ2n) is 2.17. The Hall–Kier alpha value is -1.12. The van der Waals surface area contributed by atoms with E-state index in [0.29, 0.717) is 5.69 Å². The fourth-order valence-electron chi connectivity index (χ4n) is 0.811. The van der Waals surface area contributed by atoms with Crippen molar-refractivity contribution < 1.29 is 0 Å². The van der Waals surface area contributed by atoms with Gasteiger partial charge in [0, 0.05) is 0 Å². The Morgan fingerprint density at radius 3 is 3.00 bits per heavy atom. The first-order chi connectivity index (χ1) is 4.84. The van der Waals surface area contributed by atoms with E-state index in [2.05, 4.69) is 16.9 Å². The van der Waals surface area contributed by atoms with E-state index in [1.165, 1.54) is 6.33 Å². The Balaban J connectivity index is 2.81. The zero-order chi connectivity index (χ0) is 7.40. The minimum Gasteiger partial charge on any atom is -0.396 e. The van der Waals surface area contributed by atoms with Crippen LogP contribution in [0.1, 0.15) is 19.0 Å². The fourth-order valence-corrected chi connectivity index (χ4v) is 0.811. The number of rotatable bonds is 2. The summed E-state index contributed by atoms with van der Waals surface area (Å²) in [6.07, 6.45) is 5.18. The van der Waals surface area contributed by atoms with Gasteiger partial charge in [0.1, 0.15) is 6.33 Å². The van der Waals surface area contributed by atoms with E-state index in [1.807, 2.05) is 0 Å². The average molecular weight is 137 g/mol. The van der Waals surface area contributed by atoms with Crippen molar-refractivity contribution in [3.05, 3.63) is 18.2 Å². The van der Waals surface area contributed by atoms with Crippen molar-refractivity contribution in [1.82, 2.24) is 9.97 Å². The predicted octanol–water partition coefficient (Wildman–Crippen LogP) is 1.01. The topological polar surface area (TPSA) is 51.8 Å². The summed E-state index contributed by atoms with van der Waals surface area (Å²) in [7, 11) is 0. The summed E-state index contributed by atoms with van der Waals surface area (Å²) in [5, 5.41) is 0. The molecule has 0 atom stereocenters. The van der Waals surface area contributed by atoms with Crippen LogP contribution < -0.4 is 5.73 Å². The molecule has 1 rings (SSSR count). The van der Waals surface area contributed by atoms with E-state index in [-0.39, 0.29) is 0 Å². The number of hydrogen-bond donors (Lipinski definition) is 1. The molecule has 0 bridgehead atoms. The summed E-state index contributed by atoms with van der Waals surface area (Å²) in [5.41, 5.74) is 7.24. The van der Waals surface area contributed by atoms with Crippen LogP contribution in [0.2, 0.25) is 0 Å². The van der Waals surface area contributed by atoms with E-state index in [9.17, 15) is 0 Å². The molecule has 1 heterocycles. The highest BCUT2D eigenvalue weighted by Crippen LogP contribution is 2.06. The molecule has 0 aliphatic carbocycles. The fraction of sp³-hybridized carbons (Fsp3) is 0.429. The molecule has 1 aromatic heterocycles. The van der Waals surface area contributed by atoms with Gasteiger partial charge in [-0.2, -0.15) is 0 Å². The van der Waals surface area contributed by atoms with Gasteiger partial charge in [-0.1, -0.05) is 13.3 Å². The molecule has 0 aliphatic rings. The Labute approximate surface area is 60.3 Å². The number of anilines is 1. The first-order valence-corrected chi connectivity index (χ1v) is 3.39. The van der Waals surface area contributed by atoms with E-state index in [0.717, 1.165) is 18.5 Å². The average Bonchev–Trinajstić information content (AvgIpc) is 1.94. The van der Waals surface area contributed by atoms with Crippen LogP contribution in [0.4, 0.5) is 5.69 Å². The van der Waals surface area contributed by atoms with Crippen LogP contribution in [-0.2, 0) is 6.42 Å². The molecule has 10 heavy (non-hydrogen) atoms. The molecule has 54 valence electrons. The van der Waals surface area contributed by atoms with Gasteiger partial charge in [-0.15, -0.1) is 0 Å². The lowest BCUT2D eigenvalue weighted by molar-refractivity contribution is 0.876. The minimum absolute atomic E-state index is 0.698. The molecule has 0 amide bonds. The van der Waals surface area contributed by atoms with Gasteiger partial charge in [0.15, 0.2) is 0 Å². The highest BCUT2D eigenvalue weighted by atomic mass is 14.9. The number of hydrogen-bond acceptors (Lipinski definition) is 3. The molecule has 0 saturated carbocycles. The highest BCUT2D eigenvalue weighted by Gasteiger charge is 1.96. The third-order valence-electron chi connectivity index (χ3n) is 1.31. The SMILES string of the molecule is CCCc1ncncc1N. The zero-order valence-corrected chi connectivity index (χ0v) is 6.04. The molecule has 1 aromatic rings. The van der Waals surface area contributed by atoms with Crippen molar-refractivity contribution in [3.8, 4) is 0 Å². The second kappa shape index (κ2) is 3.15. The maximum absolute atomic E-state index is 5.58. The number of aryl methyl sites for hydroxylation is 1. The molecule has 0 saturated heterocycles. The molecule has 0 radical (unpaired) electrons. The van der Waals surface area contributed by atoms with Crippen LogP contribution in [-0.4, -0.2) is 9.97 Å². The maximum Gasteiger partial charge on any atom is 0.115 e. The molecule has 0 aromatic carbocycles. The van der Waals surface area contributed by atoms with Gasteiger partial charge < -0.3 is 5.73 Å². The third kappa shape index (κ3) is 1.43. The summed E-state index contributed by atoms with van der Waals surface area (Å²) >= 11 is 0. The second-order valence-corrected chi connectivity index (χ2v) is 2.17. The molecule has 3 nitrogen and oxygen atoms in total. The van der Waals surface area contributed by atoms with E-state index >= 15 is 0 Å². The van der Waals surface area contributed by atoms with Crippen LogP contribution in [0, 0.1) is 0 Å². The smallest absolute Gasteiger partial charge is 0.115 e. The quantitative estimate of drug-likeness (QED) is 0.661. The third-order valence-corrected chi connectivity index (χ3v) is 1.31. The Morgan fingerprint density at radius 2 is 2.40 bits per heavy atom. The molecule has 0 fully saturated rings. The van der Waals surface area contributed by atoms with Gasteiger partial charge in [-0.05, 0) is 6.42 Å². The number of nitrogen functional groups attached to an aromatic ring is 1. The monoisotopic (exact) mass is 137 g/mol. The van der Waals surface area contributed by atoms with Gasteiger partial charge in [-0.25, -0.2) is 9.97 Å². The Kier molecular flexibility index (Phi) is 2.20. The Morgan fingerprint density at radius 1 is 1.60 bits per heavy atom. The number of aromatic nitrogens is 2. The van der Waals surface area contributed by atoms with Crippen molar-refractivity contribution in [2.24, 2.45) is 0 Å². The van der Waals surface area contributed by atoms with Crippen LogP contribution in [0.5, 0.6) is 0 Å². The van der Waals surface area contributed by atoms with Crippen LogP contribution in [0.3, 0.4) is 0 Å². The van der Waals surface area contributed by atoms with Crippen LogP contribution in [0.25, 0.3) is 0 Å². The lowest BCUT2D eigenvalue weighted by Crippen LogP contribution is -1.97. The molecule has 0 spiro atoms. The van der Waals surface area contributed by atoms with Gasteiger partial charge in [-0.3, -0.25) is 0 Å². The summed E-state index contributed by atoms with van der Waals surface area (Å²) in [6.45, 7) is 2.10. The van der Waals surface area contributed by atoms with Crippen molar-refractivity contribution in [3.63, 3.8) is 0 Å². The molecular weight excluding hydrogens is 126 g/mol. The lowest BCUT2D eigenvalue weighted by atomic mass is 10.2. The number of nitrogens with zero attached hydrogens (tertiary/aromatic N) is 2. The molecule has 3 heteroatoms. The lowest BCUT2D eigenvalue weighted by Gasteiger charge is -1.98. The van der Waals surface area contributed by atoms with Crippen molar-refractivity contribution in [2.45, 2.75) is 19.8 Å². The molecule has 0 unspecified atom stereocenters. The van der Waals surface area contributed by atoms with Gasteiger partial charge in [0.05, 0.1) is 17.6 Å². The largest absolute Gasteiger partial charge is 0.396 e. The first-order valence-electron chi connectivity index (χ1n) is 3.39. The summed E-state index contributed by atoms with van der Waals surface area (Å²) in [6, 6.07) is 0.